The van der Waals surface area contributed by atoms with E-state index in [1.807, 2.05) is 20.8 Å². The van der Waals surface area contributed by atoms with Gasteiger partial charge in [0.2, 0.25) is 5.91 Å². The van der Waals surface area contributed by atoms with Crippen LogP contribution in [0.3, 0.4) is 0 Å². The number of hydrogen-bond donors (Lipinski definition) is 1. The van der Waals surface area contributed by atoms with Crippen molar-refractivity contribution in [3.05, 3.63) is 0 Å². The second kappa shape index (κ2) is 7.33. The maximum atomic E-state index is 11.3. The summed E-state index contributed by atoms with van der Waals surface area (Å²) in [7, 11) is 0. The van der Waals surface area contributed by atoms with Gasteiger partial charge in [-0.1, -0.05) is 22.9 Å². The number of carbonyl (C=O) groups excluding carboxylic acids is 1. The van der Waals surface area contributed by atoms with Crippen LogP contribution in [-0.4, -0.2) is 30.0 Å². The fourth-order valence-electron chi connectivity index (χ4n) is 0.884. The summed E-state index contributed by atoms with van der Waals surface area (Å²) in [5, 5.41) is 2.81. The van der Waals surface area contributed by atoms with Crippen molar-refractivity contribution in [3.8, 4) is 0 Å². The van der Waals surface area contributed by atoms with Gasteiger partial charge < -0.3 is 10.1 Å². The zero-order valence-electron chi connectivity index (χ0n) is 8.47. The molecule has 0 aromatic rings. The quantitative estimate of drug-likeness (QED) is 0.731. The lowest BCUT2D eigenvalue weighted by atomic mass is 10.3. The van der Waals surface area contributed by atoms with Crippen molar-refractivity contribution < 1.29 is 9.53 Å². The molecule has 0 spiro atoms. The summed E-state index contributed by atoms with van der Waals surface area (Å²) in [5.41, 5.74) is 0. The molecule has 0 saturated carbocycles. The van der Waals surface area contributed by atoms with Gasteiger partial charge in [0.25, 0.3) is 0 Å². The second-order valence-corrected chi connectivity index (χ2v) is 3.99. The summed E-state index contributed by atoms with van der Waals surface area (Å²) >= 11 is 3.28. The molecule has 2 atom stereocenters. The van der Waals surface area contributed by atoms with Gasteiger partial charge in [-0.2, -0.15) is 0 Å². The smallest absolute Gasteiger partial charge is 0.233 e. The zero-order valence-corrected chi connectivity index (χ0v) is 10.1. The van der Waals surface area contributed by atoms with E-state index in [4.69, 9.17) is 4.74 Å². The van der Waals surface area contributed by atoms with Crippen LogP contribution in [0.4, 0.5) is 0 Å². The largest absolute Gasteiger partial charge is 0.377 e. The van der Waals surface area contributed by atoms with Gasteiger partial charge in [0.1, 0.15) is 0 Å². The van der Waals surface area contributed by atoms with Crippen LogP contribution in [-0.2, 0) is 9.53 Å². The molecule has 0 bridgehead atoms. The van der Waals surface area contributed by atoms with Gasteiger partial charge in [0.05, 0.1) is 10.9 Å². The van der Waals surface area contributed by atoms with Gasteiger partial charge in [-0.25, -0.2) is 0 Å². The first-order valence-electron chi connectivity index (χ1n) is 4.65. The highest BCUT2D eigenvalue weighted by molar-refractivity contribution is 9.10. The molecule has 78 valence electrons. The minimum atomic E-state index is -0.0821. The number of rotatable bonds is 6. The number of halogens is 1. The monoisotopic (exact) mass is 251 g/mol. The van der Waals surface area contributed by atoms with E-state index in [9.17, 15) is 4.79 Å². The number of ether oxygens (including phenoxy) is 1. The van der Waals surface area contributed by atoms with E-state index in [1.54, 1.807) is 0 Å². The van der Waals surface area contributed by atoms with Gasteiger partial charge in [-0.05, 0) is 20.3 Å². The third kappa shape index (κ3) is 6.05. The Kier molecular flexibility index (Phi) is 7.28. The Morgan fingerprint density at radius 3 is 2.62 bits per heavy atom. The van der Waals surface area contributed by atoms with Crippen LogP contribution in [0.5, 0.6) is 0 Å². The predicted molar refractivity (Wildman–Crippen MR) is 57.1 cm³/mol. The van der Waals surface area contributed by atoms with Crippen LogP contribution in [0, 0.1) is 0 Å². The molecule has 0 aliphatic carbocycles. The first-order valence-corrected chi connectivity index (χ1v) is 5.56. The Morgan fingerprint density at radius 1 is 1.54 bits per heavy atom. The first-order chi connectivity index (χ1) is 6.11. The van der Waals surface area contributed by atoms with Crippen LogP contribution in [0.2, 0.25) is 0 Å². The average molecular weight is 252 g/mol. The van der Waals surface area contributed by atoms with E-state index in [-0.39, 0.29) is 16.8 Å². The van der Waals surface area contributed by atoms with Crippen LogP contribution in [0.15, 0.2) is 0 Å². The highest BCUT2D eigenvalue weighted by atomic mass is 79.9. The van der Waals surface area contributed by atoms with E-state index in [0.29, 0.717) is 13.2 Å². The Hall–Kier alpha value is -0.0900. The molecule has 0 aliphatic heterocycles. The number of carbonyl (C=O) groups is 1. The highest BCUT2D eigenvalue weighted by Gasteiger charge is 2.12. The lowest BCUT2D eigenvalue weighted by Gasteiger charge is -2.14. The maximum absolute atomic E-state index is 11.3. The molecule has 1 N–H and O–H groups in total. The Labute approximate surface area is 88.4 Å². The number of hydrogen-bond acceptors (Lipinski definition) is 2. The molecule has 3 nitrogen and oxygen atoms in total. The van der Waals surface area contributed by atoms with Crippen molar-refractivity contribution in [2.24, 2.45) is 0 Å². The van der Waals surface area contributed by atoms with Crippen molar-refractivity contribution in [2.45, 2.75) is 38.1 Å². The second-order valence-electron chi connectivity index (χ2n) is 2.89. The Balaban J connectivity index is 3.57. The molecule has 0 saturated heterocycles. The van der Waals surface area contributed by atoms with E-state index in [0.717, 1.165) is 6.42 Å². The van der Waals surface area contributed by atoms with Gasteiger partial charge in [0.15, 0.2) is 0 Å². The molecular weight excluding hydrogens is 234 g/mol. The standard InChI is InChI=1S/C9H18BrNO2/c1-4-8(10)9(12)11-6-7(3)13-5-2/h7-8H,4-6H2,1-3H3,(H,11,12). The molecule has 0 aromatic heterocycles. The first kappa shape index (κ1) is 12.9. The molecule has 4 heteroatoms. The average Bonchev–Trinajstić information content (AvgIpc) is 2.13. The van der Waals surface area contributed by atoms with Gasteiger partial charge in [-0.15, -0.1) is 0 Å². The van der Waals surface area contributed by atoms with E-state index < -0.39 is 0 Å². The number of nitrogens with one attached hydrogen (secondary N) is 1. The topological polar surface area (TPSA) is 38.3 Å². The summed E-state index contributed by atoms with van der Waals surface area (Å²) in [5.74, 6) is 0.0362. The van der Waals surface area contributed by atoms with Crippen molar-refractivity contribution >= 4 is 21.8 Å². The predicted octanol–water partition coefficient (Wildman–Crippen LogP) is 1.70. The molecule has 2 unspecified atom stereocenters. The summed E-state index contributed by atoms with van der Waals surface area (Å²) in [6.45, 7) is 7.11. The van der Waals surface area contributed by atoms with Crippen molar-refractivity contribution in [3.63, 3.8) is 0 Å². The molecule has 1 amide bonds. The number of amides is 1. The lowest BCUT2D eigenvalue weighted by molar-refractivity contribution is -0.121. The summed E-state index contributed by atoms with van der Waals surface area (Å²) in [6.07, 6.45) is 0.889. The number of alkyl halides is 1. The third-order valence-electron chi connectivity index (χ3n) is 1.66. The molecule has 0 aliphatic rings. The van der Waals surface area contributed by atoms with E-state index >= 15 is 0 Å². The van der Waals surface area contributed by atoms with Crippen LogP contribution in [0.25, 0.3) is 0 Å². The van der Waals surface area contributed by atoms with Crippen LogP contribution >= 0.6 is 15.9 Å². The van der Waals surface area contributed by atoms with Crippen molar-refractivity contribution in [1.29, 1.82) is 0 Å². The van der Waals surface area contributed by atoms with E-state index in [1.165, 1.54) is 0 Å². The summed E-state index contributed by atoms with van der Waals surface area (Å²) in [4.78, 5) is 11.2. The van der Waals surface area contributed by atoms with E-state index in [2.05, 4.69) is 21.2 Å². The van der Waals surface area contributed by atoms with Crippen molar-refractivity contribution in [1.82, 2.24) is 5.32 Å². The molecule has 0 heterocycles. The molecule has 0 aromatic carbocycles. The molecule has 0 radical (unpaired) electrons. The lowest BCUT2D eigenvalue weighted by Crippen LogP contribution is -2.36. The molecular formula is C9H18BrNO2. The summed E-state index contributed by atoms with van der Waals surface area (Å²) < 4.78 is 5.28. The zero-order chi connectivity index (χ0) is 10.3. The van der Waals surface area contributed by atoms with Gasteiger partial charge in [-0.3, -0.25) is 4.79 Å². The summed E-state index contributed by atoms with van der Waals surface area (Å²) in [6, 6.07) is 0. The SMILES string of the molecule is CCOC(C)CNC(=O)C(Br)CC. The minimum Gasteiger partial charge on any atom is -0.377 e. The fourth-order valence-corrected chi connectivity index (χ4v) is 1.05. The minimum absolute atomic E-state index is 0.0362. The van der Waals surface area contributed by atoms with Gasteiger partial charge >= 0.3 is 0 Å². The Morgan fingerprint density at radius 2 is 2.15 bits per heavy atom. The van der Waals surface area contributed by atoms with Crippen LogP contribution < -0.4 is 5.32 Å². The maximum Gasteiger partial charge on any atom is 0.233 e. The fraction of sp³-hybridized carbons (Fsp3) is 0.889. The molecule has 13 heavy (non-hydrogen) atoms. The van der Waals surface area contributed by atoms with Crippen LogP contribution in [0.1, 0.15) is 27.2 Å². The van der Waals surface area contributed by atoms with Gasteiger partial charge in [0, 0.05) is 13.2 Å². The molecule has 0 rings (SSSR count). The van der Waals surface area contributed by atoms with Crippen molar-refractivity contribution in [2.75, 3.05) is 13.2 Å². The Bertz CT molecular complexity index is 153. The third-order valence-corrected chi connectivity index (χ3v) is 2.72. The normalized spacial score (nSPS) is 15.1. The highest BCUT2D eigenvalue weighted by Crippen LogP contribution is 2.03. The molecule has 0 fully saturated rings.